The molecule has 3 aromatic rings. The number of nitrogens with zero attached hydrogens (tertiary/aromatic N) is 2. The molecule has 1 aromatic carbocycles. The van der Waals surface area contributed by atoms with Crippen molar-refractivity contribution in [3.05, 3.63) is 82.2 Å². The van der Waals surface area contributed by atoms with Crippen molar-refractivity contribution in [2.24, 2.45) is 5.41 Å². The summed E-state index contributed by atoms with van der Waals surface area (Å²) in [5.41, 5.74) is 1.31. The van der Waals surface area contributed by atoms with Crippen molar-refractivity contribution < 1.29 is 9.18 Å². The van der Waals surface area contributed by atoms with Crippen molar-refractivity contribution in [1.29, 1.82) is 0 Å². The molecule has 2 N–H and O–H groups in total. The summed E-state index contributed by atoms with van der Waals surface area (Å²) < 4.78 is 13.4. The van der Waals surface area contributed by atoms with Crippen molar-refractivity contribution in [2.45, 2.75) is 39.7 Å². The Morgan fingerprint density at radius 2 is 1.90 bits per heavy atom. The van der Waals surface area contributed by atoms with E-state index >= 15 is 0 Å². The molecule has 7 heteroatoms. The van der Waals surface area contributed by atoms with Gasteiger partial charge in [0.15, 0.2) is 5.82 Å². The van der Waals surface area contributed by atoms with E-state index in [1.165, 1.54) is 18.2 Å². The Kier molecular flexibility index (Phi) is 6.40. The minimum atomic E-state index is -0.452. The molecule has 0 aliphatic carbocycles. The third kappa shape index (κ3) is 6.07. The molecule has 0 bridgehead atoms. The van der Waals surface area contributed by atoms with E-state index in [4.69, 9.17) is 0 Å². The summed E-state index contributed by atoms with van der Waals surface area (Å²) in [5.74, 6) is -0.117. The van der Waals surface area contributed by atoms with Crippen LogP contribution in [0.25, 0.3) is 11.5 Å². The molecular formula is C23H25FN4O2. The van der Waals surface area contributed by atoms with Gasteiger partial charge < -0.3 is 10.3 Å². The maximum absolute atomic E-state index is 13.4. The standard InChI is InChI=1S/C23H25FN4O2/c1-23(2,3)14-21(30)27-19(15-7-9-16(24)10-8-15)12-17-13-20(29)28-22(26-17)18-6-4-5-11-25-18/h4-11,13,19H,12,14H2,1-3H3,(H,27,30)(H,26,28,29)/t19-/m0/s1. The third-order valence-electron chi connectivity index (χ3n) is 4.41. The van der Waals surface area contributed by atoms with Gasteiger partial charge in [-0.15, -0.1) is 0 Å². The highest BCUT2D eigenvalue weighted by molar-refractivity contribution is 5.77. The van der Waals surface area contributed by atoms with E-state index in [9.17, 15) is 14.0 Å². The first-order valence-corrected chi connectivity index (χ1v) is 9.76. The fourth-order valence-electron chi connectivity index (χ4n) is 3.12. The average molecular weight is 408 g/mol. The topological polar surface area (TPSA) is 87.7 Å². The normalized spacial score (nSPS) is 12.4. The highest BCUT2D eigenvalue weighted by Gasteiger charge is 2.21. The molecule has 30 heavy (non-hydrogen) atoms. The van der Waals surface area contributed by atoms with Gasteiger partial charge in [0.2, 0.25) is 5.91 Å². The Labute approximate surface area is 174 Å². The second-order valence-electron chi connectivity index (χ2n) is 8.41. The van der Waals surface area contributed by atoms with Crippen LogP contribution < -0.4 is 10.9 Å². The quantitative estimate of drug-likeness (QED) is 0.649. The lowest BCUT2D eigenvalue weighted by Crippen LogP contribution is -2.33. The average Bonchev–Trinajstić information content (AvgIpc) is 2.67. The van der Waals surface area contributed by atoms with Gasteiger partial charge in [-0.2, -0.15) is 0 Å². The number of pyridine rings is 1. The summed E-state index contributed by atoms with van der Waals surface area (Å²) in [6.45, 7) is 5.95. The van der Waals surface area contributed by atoms with Gasteiger partial charge in [0.05, 0.1) is 11.7 Å². The van der Waals surface area contributed by atoms with Gasteiger partial charge in [-0.05, 0) is 35.2 Å². The van der Waals surface area contributed by atoms with E-state index in [0.717, 1.165) is 5.56 Å². The zero-order valence-electron chi connectivity index (χ0n) is 17.3. The monoisotopic (exact) mass is 408 g/mol. The number of carbonyl (C=O) groups is 1. The molecule has 2 aromatic heterocycles. The summed E-state index contributed by atoms with van der Waals surface area (Å²) in [6.07, 6.45) is 2.24. The van der Waals surface area contributed by atoms with Crippen LogP contribution in [0.15, 0.2) is 59.5 Å². The lowest BCUT2D eigenvalue weighted by atomic mass is 9.91. The fourth-order valence-corrected chi connectivity index (χ4v) is 3.12. The number of aromatic nitrogens is 3. The van der Waals surface area contributed by atoms with Crippen molar-refractivity contribution >= 4 is 5.91 Å². The first-order chi connectivity index (χ1) is 14.2. The number of aromatic amines is 1. The molecule has 0 aliphatic heterocycles. The van der Waals surface area contributed by atoms with Gasteiger partial charge in [0.1, 0.15) is 11.5 Å². The number of benzene rings is 1. The summed E-state index contributed by atoms with van der Waals surface area (Å²) in [7, 11) is 0. The minimum absolute atomic E-state index is 0.119. The number of nitrogens with one attached hydrogen (secondary N) is 2. The molecule has 0 radical (unpaired) electrons. The van der Waals surface area contributed by atoms with Crippen molar-refractivity contribution in [3.63, 3.8) is 0 Å². The number of hydrogen-bond donors (Lipinski definition) is 2. The van der Waals surface area contributed by atoms with E-state index in [0.29, 0.717) is 23.6 Å². The summed E-state index contributed by atoms with van der Waals surface area (Å²) in [6, 6.07) is 12.2. The first kappa shape index (κ1) is 21.4. The molecule has 0 spiro atoms. The van der Waals surface area contributed by atoms with E-state index in [2.05, 4.69) is 20.3 Å². The number of hydrogen-bond acceptors (Lipinski definition) is 4. The van der Waals surface area contributed by atoms with Crippen LogP contribution in [-0.2, 0) is 11.2 Å². The summed E-state index contributed by atoms with van der Waals surface area (Å²) in [5, 5.41) is 3.01. The van der Waals surface area contributed by atoms with Crippen molar-refractivity contribution in [3.8, 4) is 11.5 Å². The molecule has 0 fully saturated rings. The second kappa shape index (κ2) is 8.98. The smallest absolute Gasteiger partial charge is 0.251 e. The van der Waals surface area contributed by atoms with Gasteiger partial charge in [-0.25, -0.2) is 9.37 Å². The SMILES string of the molecule is CC(C)(C)CC(=O)N[C@@H](Cc1cc(=O)[nH]c(-c2ccccn2)n1)c1ccc(F)cc1. The maximum atomic E-state index is 13.4. The molecular weight excluding hydrogens is 383 g/mol. The molecule has 3 rings (SSSR count). The summed E-state index contributed by atoms with van der Waals surface area (Å²) >= 11 is 0. The number of rotatable bonds is 6. The predicted molar refractivity (Wildman–Crippen MR) is 113 cm³/mol. The summed E-state index contributed by atoms with van der Waals surface area (Å²) in [4.78, 5) is 36.2. The zero-order chi connectivity index (χ0) is 21.7. The molecule has 0 saturated carbocycles. The predicted octanol–water partition coefficient (Wildman–Crippen LogP) is 3.81. The molecule has 1 amide bonds. The number of amides is 1. The van der Waals surface area contributed by atoms with Crippen LogP contribution in [0.2, 0.25) is 0 Å². The van der Waals surface area contributed by atoms with E-state index in [1.54, 1.807) is 30.5 Å². The maximum Gasteiger partial charge on any atom is 0.251 e. The third-order valence-corrected chi connectivity index (χ3v) is 4.41. The lowest BCUT2D eigenvalue weighted by molar-refractivity contribution is -0.123. The molecule has 6 nitrogen and oxygen atoms in total. The van der Waals surface area contributed by atoms with Gasteiger partial charge in [0.25, 0.3) is 5.56 Å². The van der Waals surface area contributed by atoms with Crippen LogP contribution in [0.4, 0.5) is 4.39 Å². The fraction of sp³-hybridized carbons (Fsp3) is 0.304. The second-order valence-corrected chi connectivity index (χ2v) is 8.41. The van der Waals surface area contributed by atoms with Crippen LogP contribution in [0.3, 0.4) is 0 Å². The van der Waals surface area contributed by atoms with Gasteiger partial charge in [-0.1, -0.05) is 39.0 Å². The number of H-pyrrole nitrogens is 1. The Bertz CT molecular complexity index is 1060. The Balaban J connectivity index is 1.91. The van der Waals surface area contributed by atoms with Crippen molar-refractivity contribution in [2.75, 3.05) is 0 Å². The first-order valence-electron chi connectivity index (χ1n) is 9.76. The van der Waals surface area contributed by atoms with Crippen molar-refractivity contribution in [1.82, 2.24) is 20.3 Å². The number of halogens is 1. The van der Waals surface area contributed by atoms with Gasteiger partial charge in [0, 0.05) is 25.1 Å². The van der Waals surface area contributed by atoms with Gasteiger partial charge in [-0.3, -0.25) is 14.6 Å². The van der Waals surface area contributed by atoms with Crippen LogP contribution in [0.5, 0.6) is 0 Å². The van der Waals surface area contributed by atoms with E-state index in [-0.39, 0.29) is 29.1 Å². The molecule has 156 valence electrons. The van der Waals surface area contributed by atoms with E-state index in [1.807, 2.05) is 26.8 Å². The molecule has 1 atom stereocenters. The van der Waals surface area contributed by atoms with E-state index < -0.39 is 6.04 Å². The lowest BCUT2D eigenvalue weighted by Gasteiger charge is -2.23. The number of carbonyl (C=O) groups excluding carboxylic acids is 1. The van der Waals surface area contributed by atoms with Crippen LogP contribution in [-0.4, -0.2) is 20.9 Å². The molecule has 0 saturated heterocycles. The van der Waals surface area contributed by atoms with Crippen LogP contribution in [0.1, 0.15) is 44.5 Å². The highest BCUT2D eigenvalue weighted by atomic mass is 19.1. The molecule has 0 aliphatic rings. The highest BCUT2D eigenvalue weighted by Crippen LogP contribution is 2.22. The van der Waals surface area contributed by atoms with Crippen LogP contribution in [0, 0.1) is 11.2 Å². The molecule has 2 heterocycles. The Hall–Kier alpha value is -3.35. The largest absolute Gasteiger partial charge is 0.349 e. The zero-order valence-corrected chi connectivity index (χ0v) is 17.3. The Morgan fingerprint density at radius 3 is 2.53 bits per heavy atom. The van der Waals surface area contributed by atoms with Gasteiger partial charge >= 0.3 is 0 Å². The molecule has 0 unspecified atom stereocenters. The van der Waals surface area contributed by atoms with Crippen LogP contribution >= 0.6 is 0 Å². The minimum Gasteiger partial charge on any atom is -0.349 e. The Morgan fingerprint density at radius 1 is 1.17 bits per heavy atom.